The van der Waals surface area contributed by atoms with E-state index in [9.17, 15) is 4.39 Å². The van der Waals surface area contributed by atoms with E-state index < -0.39 is 0 Å². The predicted molar refractivity (Wildman–Crippen MR) is 70.5 cm³/mol. The summed E-state index contributed by atoms with van der Waals surface area (Å²) in [5.41, 5.74) is 1.15. The molecule has 0 saturated carbocycles. The highest BCUT2D eigenvalue weighted by Crippen LogP contribution is 2.05. The van der Waals surface area contributed by atoms with Gasteiger partial charge in [0, 0.05) is 25.7 Å². The van der Waals surface area contributed by atoms with Crippen molar-refractivity contribution in [2.45, 2.75) is 32.9 Å². The standard InChI is InChI=1S/C14H23FN2/c1-4-12(2)16-9-10-17(3)11-13-5-7-14(15)8-6-13/h5-8,12,16H,4,9-11H2,1-3H3. The van der Waals surface area contributed by atoms with Gasteiger partial charge < -0.3 is 10.2 Å². The normalized spacial score (nSPS) is 13.0. The minimum atomic E-state index is -0.171. The lowest BCUT2D eigenvalue weighted by atomic mass is 10.2. The van der Waals surface area contributed by atoms with E-state index in [1.54, 1.807) is 0 Å². The first-order valence-electron chi connectivity index (χ1n) is 6.28. The Balaban J connectivity index is 2.25. The van der Waals surface area contributed by atoms with Crippen molar-refractivity contribution in [2.24, 2.45) is 0 Å². The summed E-state index contributed by atoms with van der Waals surface area (Å²) in [5.74, 6) is -0.171. The van der Waals surface area contributed by atoms with Crippen LogP contribution in [0.15, 0.2) is 24.3 Å². The Labute approximate surface area is 104 Å². The maximum absolute atomic E-state index is 12.7. The van der Waals surface area contributed by atoms with E-state index in [1.807, 2.05) is 12.1 Å². The van der Waals surface area contributed by atoms with Crippen LogP contribution >= 0.6 is 0 Å². The second-order valence-corrected chi connectivity index (χ2v) is 4.63. The summed E-state index contributed by atoms with van der Waals surface area (Å²) in [6.45, 7) is 7.23. The first kappa shape index (κ1) is 14.1. The lowest BCUT2D eigenvalue weighted by Crippen LogP contribution is -2.33. The third-order valence-electron chi connectivity index (χ3n) is 2.96. The van der Waals surface area contributed by atoms with Crippen molar-refractivity contribution in [1.82, 2.24) is 10.2 Å². The van der Waals surface area contributed by atoms with Gasteiger partial charge in [-0.05, 0) is 38.1 Å². The van der Waals surface area contributed by atoms with Crippen molar-refractivity contribution >= 4 is 0 Å². The smallest absolute Gasteiger partial charge is 0.123 e. The molecular weight excluding hydrogens is 215 g/mol. The van der Waals surface area contributed by atoms with Crippen LogP contribution in [0.4, 0.5) is 4.39 Å². The first-order valence-corrected chi connectivity index (χ1v) is 6.28. The fourth-order valence-electron chi connectivity index (χ4n) is 1.63. The molecular formula is C14H23FN2. The fraction of sp³-hybridized carbons (Fsp3) is 0.571. The van der Waals surface area contributed by atoms with Gasteiger partial charge in [-0.15, -0.1) is 0 Å². The molecule has 1 N–H and O–H groups in total. The van der Waals surface area contributed by atoms with Crippen LogP contribution in [0.3, 0.4) is 0 Å². The molecule has 1 aromatic rings. The molecule has 0 saturated heterocycles. The molecule has 1 atom stereocenters. The molecule has 17 heavy (non-hydrogen) atoms. The zero-order valence-electron chi connectivity index (χ0n) is 11.0. The van der Waals surface area contributed by atoms with Crippen LogP contribution in [0.5, 0.6) is 0 Å². The highest BCUT2D eigenvalue weighted by atomic mass is 19.1. The molecule has 96 valence electrons. The molecule has 0 bridgehead atoms. The van der Waals surface area contributed by atoms with Crippen LogP contribution in [0.2, 0.25) is 0 Å². The van der Waals surface area contributed by atoms with E-state index in [4.69, 9.17) is 0 Å². The van der Waals surface area contributed by atoms with Gasteiger partial charge in [-0.3, -0.25) is 0 Å². The van der Waals surface area contributed by atoms with E-state index >= 15 is 0 Å². The van der Waals surface area contributed by atoms with E-state index in [-0.39, 0.29) is 5.82 Å². The summed E-state index contributed by atoms with van der Waals surface area (Å²) in [7, 11) is 2.08. The number of likely N-dealkylation sites (N-methyl/N-ethyl adjacent to an activating group) is 1. The zero-order valence-corrected chi connectivity index (χ0v) is 11.0. The van der Waals surface area contributed by atoms with Crippen LogP contribution in [0.25, 0.3) is 0 Å². The topological polar surface area (TPSA) is 15.3 Å². The first-order chi connectivity index (χ1) is 8.11. The van der Waals surface area contributed by atoms with Crippen molar-refractivity contribution in [1.29, 1.82) is 0 Å². The molecule has 1 rings (SSSR count). The van der Waals surface area contributed by atoms with E-state index in [0.29, 0.717) is 6.04 Å². The molecule has 0 aliphatic heterocycles. The van der Waals surface area contributed by atoms with Gasteiger partial charge in [-0.2, -0.15) is 0 Å². The molecule has 2 nitrogen and oxygen atoms in total. The zero-order chi connectivity index (χ0) is 12.7. The predicted octanol–water partition coefficient (Wildman–Crippen LogP) is 2.65. The second kappa shape index (κ2) is 7.41. The molecule has 0 aliphatic rings. The number of halogens is 1. The van der Waals surface area contributed by atoms with E-state index in [1.165, 1.54) is 12.1 Å². The van der Waals surface area contributed by atoms with Crippen molar-refractivity contribution in [3.05, 3.63) is 35.6 Å². The number of hydrogen-bond acceptors (Lipinski definition) is 2. The Morgan fingerprint density at radius 2 is 1.94 bits per heavy atom. The van der Waals surface area contributed by atoms with Gasteiger partial charge in [-0.1, -0.05) is 19.1 Å². The lowest BCUT2D eigenvalue weighted by molar-refractivity contribution is 0.317. The summed E-state index contributed by atoms with van der Waals surface area (Å²) in [6, 6.07) is 7.29. The Kier molecular flexibility index (Phi) is 6.16. The van der Waals surface area contributed by atoms with Crippen LogP contribution in [-0.4, -0.2) is 31.1 Å². The highest BCUT2D eigenvalue weighted by molar-refractivity contribution is 5.15. The molecule has 1 aromatic carbocycles. The number of nitrogens with one attached hydrogen (secondary N) is 1. The average Bonchev–Trinajstić information content (AvgIpc) is 2.32. The molecule has 1 unspecified atom stereocenters. The average molecular weight is 238 g/mol. The Morgan fingerprint density at radius 1 is 1.29 bits per heavy atom. The summed E-state index contributed by atoms with van der Waals surface area (Å²) in [4.78, 5) is 2.24. The summed E-state index contributed by atoms with van der Waals surface area (Å²) >= 11 is 0. The summed E-state index contributed by atoms with van der Waals surface area (Å²) in [5, 5.41) is 3.46. The number of rotatable bonds is 7. The summed E-state index contributed by atoms with van der Waals surface area (Å²) in [6.07, 6.45) is 1.15. The van der Waals surface area contributed by atoms with Crippen LogP contribution in [0, 0.1) is 5.82 Å². The number of benzene rings is 1. The van der Waals surface area contributed by atoms with Gasteiger partial charge in [0.1, 0.15) is 5.82 Å². The number of hydrogen-bond donors (Lipinski definition) is 1. The molecule has 0 spiro atoms. The molecule has 0 radical (unpaired) electrons. The van der Waals surface area contributed by atoms with Crippen LogP contribution in [-0.2, 0) is 6.54 Å². The van der Waals surface area contributed by atoms with Crippen molar-refractivity contribution < 1.29 is 4.39 Å². The maximum atomic E-state index is 12.7. The minimum absolute atomic E-state index is 0.171. The van der Waals surface area contributed by atoms with Gasteiger partial charge in [0.05, 0.1) is 0 Å². The molecule has 0 heterocycles. The van der Waals surface area contributed by atoms with E-state index in [0.717, 1.165) is 31.6 Å². The minimum Gasteiger partial charge on any atom is -0.313 e. The molecule has 0 fully saturated rings. The van der Waals surface area contributed by atoms with Gasteiger partial charge in [0.25, 0.3) is 0 Å². The molecule has 0 amide bonds. The Hall–Kier alpha value is -0.930. The third kappa shape index (κ3) is 5.80. The number of nitrogens with zero attached hydrogens (tertiary/aromatic N) is 1. The Bertz CT molecular complexity index is 311. The maximum Gasteiger partial charge on any atom is 0.123 e. The van der Waals surface area contributed by atoms with Gasteiger partial charge in [-0.25, -0.2) is 4.39 Å². The lowest BCUT2D eigenvalue weighted by Gasteiger charge is -2.18. The second-order valence-electron chi connectivity index (χ2n) is 4.63. The summed E-state index contributed by atoms with van der Waals surface area (Å²) < 4.78 is 12.7. The van der Waals surface area contributed by atoms with Gasteiger partial charge in [0.15, 0.2) is 0 Å². The van der Waals surface area contributed by atoms with E-state index in [2.05, 4.69) is 31.1 Å². The van der Waals surface area contributed by atoms with Crippen LogP contribution < -0.4 is 5.32 Å². The Morgan fingerprint density at radius 3 is 2.53 bits per heavy atom. The van der Waals surface area contributed by atoms with Crippen molar-refractivity contribution in [3.8, 4) is 0 Å². The van der Waals surface area contributed by atoms with Crippen molar-refractivity contribution in [3.63, 3.8) is 0 Å². The SMILES string of the molecule is CCC(C)NCCN(C)Cc1ccc(F)cc1. The highest BCUT2D eigenvalue weighted by Gasteiger charge is 2.02. The largest absolute Gasteiger partial charge is 0.313 e. The van der Waals surface area contributed by atoms with Crippen molar-refractivity contribution in [2.75, 3.05) is 20.1 Å². The molecule has 3 heteroatoms. The molecule has 0 aromatic heterocycles. The quantitative estimate of drug-likeness (QED) is 0.785. The monoisotopic (exact) mass is 238 g/mol. The third-order valence-corrected chi connectivity index (χ3v) is 2.96. The van der Waals surface area contributed by atoms with Crippen LogP contribution in [0.1, 0.15) is 25.8 Å². The van der Waals surface area contributed by atoms with Gasteiger partial charge >= 0.3 is 0 Å². The van der Waals surface area contributed by atoms with Gasteiger partial charge in [0.2, 0.25) is 0 Å². The molecule has 0 aliphatic carbocycles. The fourth-order valence-corrected chi connectivity index (χ4v) is 1.63.